The molecule has 5 nitrogen and oxygen atoms in total. The molecular weight excluding hydrogens is 294 g/mol. The molecule has 0 aliphatic rings. The number of nitrogens with two attached hydrogens (primary N) is 1. The summed E-state index contributed by atoms with van der Waals surface area (Å²) in [4.78, 5) is 23.4. The number of ether oxygens (including phenoxy) is 1. The second-order valence-electron chi connectivity index (χ2n) is 5.39. The lowest BCUT2D eigenvalue weighted by Crippen LogP contribution is -2.07. The van der Waals surface area contributed by atoms with Crippen molar-refractivity contribution in [2.75, 3.05) is 5.73 Å². The van der Waals surface area contributed by atoms with E-state index in [4.69, 9.17) is 14.9 Å². The number of nitrogen functional groups attached to an aromatic ring is 1. The minimum absolute atomic E-state index is 0.0504. The summed E-state index contributed by atoms with van der Waals surface area (Å²) in [5.74, 6) is -0.279. The topological polar surface area (TPSA) is 82.5 Å². The summed E-state index contributed by atoms with van der Waals surface area (Å²) >= 11 is 0. The fourth-order valence-corrected chi connectivity index (χ4v) is 2.62. The molecule has 0 spiro atoms. The molecule has 3 aromatic rings. The van der Waals surface area contributed by atoms with Crippen molar-refractivity contribution < 1.29 is 13.9 Å². The van der Waals surface area contributed by atoms with Crippen molar-refractivity contribution in [3.63, 3.8) is 0 Å². The van der Waals surface area contributed by atoms with Gasteiger partial charge >= 0.3 is 11.6 Å². The summed E-state index contributed by atoms with van der Waals surface area (Å²) < 4.78 is 10.6. The monoisotopic (exact) mass is 311 g/mol. The highest BCUT2D eigenvalue weighted by atomic mass is 16.5. The quantitative estimate of drug-likeness (QED) is 0.346. The van der Waals surface area contributed by atoms with Crippen LogP contribution in [0.15, 0.2) is 45.6 Å². The van der Waals surface area contributed by atoms with E-state index < -0.39 is 5.63 Å². The van der Waals surface area contributed by atoms with E-state index in [2.05, 4.69) is 0 Å². The summed E-state index contributed by atoms with van der Waals surface area (Å²) in [6.45, 7) is 1.96. The average Bonchev–Trinajstić information content (AvgIpc) is 2.53. The highest BCUT2D eigenvalue weighted by molar-refractivity contribution is 6.08. The number of benzene rings is 2. The van der Waals surface area contributed by atoms with E-state index in [0.29, 0.717) is 23.3 Å². The van der Waals surface area contributed by atoms with E-state index in [-0.39, 0.29) is 12.6 Å². The van der Waals surface area contributed by atoms with E-state index in [1.54, 1.807) is 6.07 Å². The molecular formula is C18H17NO4. The molecule has 1 aromatic heterocycles. The van der Waals surface area contributed by atoms with Crippen molar-refractivity contribution in [1.29, 1.82) is 0 Å². The number of anilines is 1. The first-order valence-electron chi connectivity index (χ1n) is 7.49. The van der Waals surface area contributed by atoms with Crippen molar-refractivity contribution in [3.8, 4) is 0 Å². The molecule has 0 aliphatic heterocycles. The SMILES string of the molecule is CCCC(=O)OCc1cc(=O)oc2c1ccc1c(N)cccc12. The highest BCUT2D eigenvalue weighted by Gasteiger charge is 2.12. The lowest BCUT2D eigenvalue weighted by atomic mass is 10.0. The average molecular weight is 311 g/mol. The largest absolute Gasteiger partial charge is 0.461 e. The van der Waals surface area contributed by atoms with Crippen molar-refractivity contribution in [2.24, 2.45) is 0 Å². The third-order valence-electron chi connectivity index (χ3n) is 3.73. The molecule has 0 fully saturated rings. The molecule has 3 rings (SSSR count). The maximum absolute atomic E-state index is 11.9. The van der Waals surface area contributed by atoms with Crippen LogP contribution < -0.4 is 11.4 Å². The molecule has 1 heterocycles. The molecule has 23 heavy (non-hydrogen) atoms. The first kappa shape index (κ1) is 15.1. The van der Waals surface area contributed by atoms with Gasteiger partial charge in [-0.1, -0.05) is 31.2 Å². The number of carbonyl (C=O) groups excluding carboxylic acids is 1. The molecule has 2 N–H and O–H groups in total. The Hall–Kier alpha value is -2.82. The number of rotatable bonds is 4. The van der Waals surface area contributed by atoms with Crippen LogP contribution in [-0.4, -0.2) is 5.97 Å². The van der Waals surface area contributed by atoms with Crippen molar-refractivity contribution in [1.82, 2.24) is 0 Å². The van der Waals surface area contributed by atoms with E-state index in [1.165, 1.54) is 6.07 Å². The normalized spacial score (nSPS) is 11.0. The zero-order chi connectivity index (χ0) is 16.4. The van der Waals surface area contributed by atoms with Crippen molar-refractivity contribution in [3.05, 3.63) is 52.4 Å². The minimum atomic E-state index is -0.478. The Morgan fingerprint density at radius 1 is 1.17 bits per heavy atom. The van der Waals surface area contributed by atoms with Crippen LogP contribution in [0.5, 0.6) is 0 Å². The summed E-state index contributed by atoms with van der Waals surface area (Å²) in [5, 5.41) is 2.33. The van der Waals surface area contributed by atoms with Gasteiger partial charge in [-0.3, -0.25) is 4.79 Å². The van der Waals surface area contributed by atoms with Crippen LogP contribution in [-0.2, 0) is 16.1 Å². The van der Waals surface area contributed by atoms with Gasteiger partial charge in [0.2, 0.25) is 0 Å². The molecule has 5 heteroatoms. The molecule has 118 valence electrons. The smallest absolute Gasteiger partial charge is 0.336 e. The molecule has 2 aromatic carbocycles. The second-order valence-corrected chi connectivity index (χ2v) is 5.39. The number of carbonyl (C=O) groups is 1. The highest BCUT2D eigenvalue weighted by Crippen LogP contribution is 2.30. The standard InChI is InChI=1S/C18H17NO4/c1-2-4-16(20)22-10-11-9-17(21)23-18-12(11)7-8-13-14(18)5-3-6-15(13)19/h3,5-9H,2,4,10,19H2,1H3. The molecule has 0 radical (unpaired) electrons. The summed E-state index contributed by atoms with van der Waals surface area (Å²) in [6.07, 6.45) is 1.08. The predicted molar refractivity (Wildman–Crippen MR) is 89.1 cm³/mol. The zero-order valence-electron chi connectivity index (χ0n) is 12.8. The second kappa shape index (κ2) is 6.12. The first-order valence-corrected chi connectivity index (χ1v) is 7.49. The van der Waals surface area contributed by atoms with Crippen LogP contribution >= 0.6 is 0 Å². The van der Waals surface area contributed by atoms with Gasteiger partial charge in [-0.05, 0) is 12.5 Å². The van der Waals surface area contributed by atoms with Crippen LogP contribution in [0.2, 0.25) is 0 Å². The lowest BCUT2D eigenvalue weighted by molar-refractivity contribution is -0.144. The van der Waals surface area contributed by atoms with Gasteiger partial charge in [-0.25, -0.2) is 4.79 Å². The molecule has 0 saturated carbocycles. The Balaban J connectivity index is 2.12. The van der Waals surface area contributed by atoms with Gasteiger partial charge < -0.3 is 14.9 Å². The van der Waals surface area contributed by atoms with Crippen LogP contribution in [0.3, 0.4) is 0 Å². The fourth-order valence-electron chi connectivity index (χ4n) is 2.62. The third kappa shape index (κ3) is 2.90. The van der Waals surface area contributed by atoms with Crippen LogP contribution in [0.4, 0.5) is 5.69 Å². The third-order valence-corrected chi connectivity index (χ3v) is 3.73. The Morgan fingerprint density at radius 2 is 1.96 bits per heavy atom. The van der Waals surface area contributed by atoms with Crippen LogP contribution in [0.25, 0.3) is 21.7 Å². The predicted octanol–water partition coefficient (Wildman–Crippen LogP) is 3.37. The number of hydrogen-bond acceptors (Lipinski definition) is 5. The van der Waals surface area contributed by atoms with Crippen LogP contribution in [0.1, 0.15) is 25.3 Å². The van der Waals surface area contributed by atoms with Gasteiger partial charge in [0.05, 0.1) is 0 Å². The summed E-state index contributed by atoms with van der Waals surface area (Å²) in [7, 11) is 0. The molecule has 0 amide bonds. The first-order chi connectivity index (χ1) is 11.1. The number of hydrogen-bond donors (Lipinski definition) is 1. The van der Waals surface area contributed by atoms with E-state index in [1.807, 2.05) is 31.2 Å². The lowest BCUT2D eigenvalue weighted by Gasteiger charge is -2.09. The fraction of sp³-hybridized carbons (Fsp3) is 0.222. The Kier molecular flexibility index (Phi) is 4.02. The Labute approximate surface area is 132 Å². The summed E-state index contributed by atoms with van der Waals surface area (Å²) in [6, 6.07) is 10.5. The van der Waals surface area contributed by atoms with E-state index >= 15 is 0 Å². The Bertz CT molecular complexity index is 943. The van der Waals surface area contributed by atoms with Gasteiger partial charge in [0.15, 0.2) is 0 Å². The van der Waals surface area contributed by atoms with Crippen molar-refractivity contribution in [2.45, 2.75) is 26.4 Å². The van der Waals surface area contributed by atoms with E-state index in [0.717, 1.165) is 22.6 Å². The molecule has 0 aliphatic carbocycles. The molecule has 0 unspecified atom stereocenters. The van der Waals surface area contributed by atoms with Gasteiger partial charge in [0.25, 0.3) is 0 Å². The van der Waals surface area contributed by atoms with Gasteiger partial charge in [-0.15, -0.1) is 0 Å². The van der Waals surface area contributed by atoms with Crippen molar-refractivity contribution >= 4 is 33.4 Å². The Morgan fingerprint density at radius 3 is 2.74 bits per heavy atom. The maximum atomic E-state index is 11.9. The van der Waals surface area contributed by atoms with Gasteiger partial charge in [0, 0.05) is 39.9 Å². The van der Waals surface area contributed by atoms with Gasteiger partial charge in [-0.2, -0.15) is 0 Å². The maximum Gasteiger partial charge on any atom is 0.336 e. The summed E-state index contributed by atoms with van der Waals surface area (Å²) in [5.41, 5.74) is 7.20. The number of esters is 1. The van der Waals surface area contributed by atoms with Gasteiger partial charge in [0.1, 0.15) is 12.2 Å². The molecule has 0 saturated heterocycles. The molecule has 0 bridgehead atoms. The van der Waals surface area contributed by atoms with E-state index in [9.17, 15) is 9.59 Å². The van der Waals surface area contributed by atoms with Crippen LogP contribution in [0, 0.1) is 0 Å². The zero-order valence-corrected chi connectivity index (χ0v) is 12.8. The minimum Gasteiger partial charge on any atom is -0.461 e. The number of fused-ring (bicyclic) bond motifs is 3. The molecule has 0 atom stereocenters.